The van der Waals surface area contributed by atoms with E-state index in [0.29, 0.717) is 11.7 Å². The first-order chi connectivity index (χ1) is 8.29. The Morgan fingerprint density at radius 2 is 2.59 bits per heavy atom. The molecule has 1 fully saturated rings. The molecule has 7 nitrogen and oxygen atoms in total. The molecule has 0 N–H and O–H groups in total. The van der Waals surface area contributed by atoms with Crippen LogP contribution in [-0.4, -0.2) is 51.8 Å². The maximum atomic E-state index is 11.0. The Morgan fingerprint density at radius 1 is 1.71 bits per heavy atom. The maximum absolute atomic E-state index is 11.0. The van der Waals surface area contributed by atoms with Crippen molar-refractivity contribution in [3.63, 3.8) is 0 Å². The summed E-state index contributed by atoms with van der Waals surface area (Å²) in [6.45, 7) is 1.44. The average Bonchev–Trinajstić information content (AvgIpc) is 2.98. The zero-order valence-corrected chi connectivity index (χ0v) is 10.4. The highest BCUT2D eigenvalue weighted by molar-refractivity contribution is 7.99. The highest BCUT2D eigenvalue weighted by atomic mass is 32.2. The van der Waals surface area contributed by atoms with Crippen molar-refractivity contribution in [2.75, 3.05) is 19.5 Å². The Morgan fingerprint density at radius 3 is 3.29 bits per heavy atom. The molecule has 1 saturated heterocycles. The lowest BCUT2D eigenvalue weighted by Crippen LogP contribution is -2.17. The second-order valence-corrected chi connectivity index (χ2v) is 4.59. The lowest BCUT2D eigenvalue weighted by atomic mass is 10.2. The molecule has 94 valence electrons. The summed E-state index contributed by atoms with van der Waals surface area (Å²) in [5.41, 5.74) is 0. The van der Waals surface area contributed by atoms with E-state index in [1.165, 1.54) is 18.9 Å². The van der Waals surface area contributed by atoms with Gasteiger partial charge in [-0.05, 0) is 23.3 Å². The van der Waals surface area contributed by atoms with Crippen LogP contribution in [0.25, 0.3) is 0 Å². The smallest absolute Gasteiger partial charge is 0.316 e. The first kappa shape index (κ1) is 12.3. The molecule has 0 aliphatic carbocycles. The molecule has 1 aliphatic rings. The summed E-state index contributed by atoms with van der Waals surface area (Å²) in [6.07, 6.45) is 2.29. The summed E-state index contributed by atoms with van der Waals surface area (Å²) in [4.78, 5) is 11.0. The van der Waals surface area contributed by atoms with Crippen LogP contribution in [0.3, 0.4) is 0 Å². The zero-order valence-electron chi connectivity index (χ0n) is 9.53. The van der Waals surface area contributed by atoms with Gasteiger partial charge in [0.2, 0.25) is 5.16 Å². The number of hydrogen-bond acceptors (Lipinski definition) is 7. The lowest BCUT2D eigenvalue weighted by Gasteiger charge is -2.09. The molecule has 0 spiro atoms. The molecule has 0 radical (unpaired) electrons. The van der Waals surface area contributed by atoms with Gasteiger partial charge < -0.3 is 9.47 Å². The van der Waals surface area contributed by atoms with Gasteiger partial charge in [0.25, 0.3) is 0 Å². The minimum Gasteiger partial charge on any atom is -0.468 e. The lowest BCUT2D eigenvalue weighted by molar-refractivity contribution is -0.137. The van der Waals surface area contributed by atoms with Gasteiger partial charge in [-0.2, -0.15) is 0 Å². The number of rotatable bonds is 5. The van der Waals surface area contributed by atoms with E-state index in [1.807, 2.05) is 0 Å². The average molecular weight is 258 g/mol. The van der Waals surface area contributed by atoms with Gasteiger partial charge >= 0.3 is 5.97 Å². The number of methoxy groups -OCH3 is 1. The van der Waals surface area contributed by atoms with Crippen LogP contribution in [0.1, 0.15) is 12.8 Å². The van der Waals surface area contributed by atoms with Crippen LogP contribution >= 0.6 is 11.8 Å². The van der Waals surface area contributed by atoms with Crippen molar-refractivity contribution in [2.45, 2.75) is 30.6 Å². The van der Waals surface area contributed by atoms with Crippen LogP contribution in [-0.2, 0) is 20.8 Å². The molecule has 2 rings (SSSR count). The Bertz CT molecular complexity index is 378. The topological polar surface area (TPSA) is 79.1 Å². The number of hydrogen-bond donors (Lipinski definition) is 0. The predicted octanol–water partition coefficient (Wildman–Crippen LogP) is 0.117. The molecule has 0 saturated carbocycles. The summed E-state index contributed by atoms with van der Waals surface area (Å²) in [6, 6.07) is 0. The molecule has 0 bridgehead atoms. The van der Waals surface area contributed by atoms with Gasteiger partial charge in [-0.25, -0.2) is 4.68 Å². The highest BCUT2D eigenvalue weighted by Crippen LogP contribution is 2.18. The highest BCUT2D eigenvalue weighted by Gasteiger charge is 2.19. The van der Waals surface area contributed by atoms with Crippen LogP contribution < -0.4 is 0 Å². The number of nitrogens with zero attached hydrogens (tertiary/aromatic N) is 4. The molecular formula is C9H14N4O3S. The third-order valence-corrected chi connectivity index (χ3v) is 3.38. The summed E-state index contributed by atoms with van der Waals surface area (Å²) in [5.74, 6) is -0.0794. The van der Waals surface area contributed by atoms with E-state index in [2.05, 4.69) is 20.3 Å². The monoisotopic (exact) mass is 258 g/mol. The molecule has 1 atom stereocenters. The van der Waals surface area contributed by atoms with Gasteiger partial charge in [-0.3, -0.25) is 4.79 Å². The van der Waals surface area contributed by atoms with E-state index in [0.717, 1.165) is 19.4 Å². The zero-order chi connectivity index (χ0) is 12.1. The summed E-state index contributed by atoms with van der Waals surface area (Å²) >= 11 is 1.27. The Balaban J connectivity index is 1.89. The van der Waals surface area contributed by atoms with E-state index in [9.17, 15) is 4.79 Å². The van der Waals surface area contributed by atoms with Gasteiger partial charge in [-0.1, -0.05) is 11.8 Å². The van der Waals surface area contributed by atoms with Crippen molar-refractivity contribution in [1.29, 1.82) is 0 Å². The van der Waals surface area contributed by atoms with Crippen LogP contribution in [0.5, 0.6) is 0 Å². The van der Waals surface area contributed by atoms with Gasteiger partial charge in [0.1, 0.15) is 0 Å². The van der Waals surface area contributed by atoms with Crippen molar-refractivity contribution in [2.24, 2.45) is 0 Å². The molecule has 1 aromatic rings. The Hall–Kier alpha value is -1.15. The fourth-order valence-corrected chi connectivity index (χ4v) is 2.30. The summed E-state index contributed by atoms with van der Waals surface area (Å²) < 4.78 is 11.7. The number of esters is 1. The molecule has 17 heavy (non-hydrogen) atoms. The van der Waals surface area contributed by atoms with Crippen molar-refractivity contribution in [1.82, 2.24) is 20.2 Å². The largest absolute Gasteiger partial charge is 0.468 e. The van der Waals surface area contributed by atoms with E-state index < -0.39 is 0 Å². The van der Waals surface area contributed by atoms with Crippen molar-refractivity contribution < 1.29 is 14.3 Å². The predicted molar refractivity (Wildman–Crippen MR) is 59.5 cm³/mol. The molecule has 0 unspecified atom stereocenters. The van der Waals surface area contributed by atoms with E-state index in [1.54, 1.807) is 4.68 Å². The van der Waals surface area contributed by atoms with Gasteiger partial charge in [0, 0.05) is 6.61 Å². The van der Waals surface area contributed by atoms with Crippen LogP contribution in [0, 0.1) is 0 Å². The second-order valence-electron chi connectivity index (χ2n) is 3.64. The van der Waals surface area contributed by atoms with Gasteiger partial charge in [0.05, 0.1) is 25.5 Å². The molecule has 8 heteroatoms. The molecule has 0 aromatic carbocycles. The van der Waals surface area contributed by atoms with Crippen LogP contribution in [0.2, 0.25) is 0 Å². The van der Waals surface area contributed by atoms with Crippen LogP contribution in [0.4, 0.5) is 0 Å². The molecular weight excluding hydrogens is 244 g/mol. The Kier molecular flexibility index (Phi) is 4.32. The fourth-order valence-electron chi connectivity index (χ4n) is 1.58. The quantitative estimate of drug-likeness (QED) is 0.548. The number of aromatic nitrogens is 4. The normalized spacial score (nSPS) is 19.5. The number of carbonyl (C=O) groups is 1. The number of tetrazole rings is 1. The first-order valence-corrected chi connectivity index (χ1v) is 6.35. The van der Waals surface area contributed by atoms with Crippen molar-refractivity contribution in [3.05, 3.63) is 0 Å². The standard InChI is InChI=1S/C9H14N4O3S/c1-15-8(14)6-17-9-10-11-12-13(9)5-7-3-2-4-16-7/h7H,2-6H2,1H3/t7-/m0/s1. The first-order valence-electron chi connectivity index (χ1n) is 5.37. The molecule has 1 aliphatic heterocycles. The fraction of sp³-hybridized carbons (Fsp3) is 0.778. The van der Waals surface area contributed by atoms with E-state index >= 15 is 0 Å². The van der Waals surface area contributed by atoms with Crippen molar-refractivity contribution >= 4 is 17.7 Å². The van der Waals surface area contributed by atoms with Gasteiger partial charge in [-0.15, -0.1) is 5.10 Å². The van der Waals surface area contributed by atoms with E-state index in [-0.39, 0.29) is 17.8 Å². The Labute approximate surface area is 103 Å². The third-order valence-electron chi connectivity index (χ3n) is 2.45. The second kappa shape index (κ2) is 5.97. The van der Waals surface area contributed by atoms with Gasteiger partial charge in [0.15, 0.2) is 0 Å². The molecule has 0 amide bonds. The van der Waals surface area contributed by atoms with Crippen LogP contribution in [0.15, 0.2) is 5.16 Å². The molecule has 2 heterocycles. The summed E-state index contributed by atoms with van der Waals surface area (Å²) in [5, 5.41) is 12.0. The van der Waals surface area contributed by atoms with Crippen molar-refractivity contribution in [3.8, 4) is 0 Å². The number of thioether (sulfide) groups is 1. The minimum absolute atomic E-state index is 0.177. The van der Waals surface area contributed by atoms with E-state index in [4.69, 9.17) is 4.74 Å². The number of carbonyl (C=O) groups excluding carboxylic acids is 1. The SMILES string of the molecule is COC(=O)CSc1nnnn1C[C@@H]1CCCO1. The third kappa shape index (κ3) is 3.40. The summed E-state index contributed by atoms with van der Waals surface area (Å²) in [7, 11) is 1.36. The minimum atomic E-state index is -0.290. The number of ether oxygens (including phenoxy) is 2. The maximum Gasteiger partial charge on any atom is 0.316 e. The molecule has 1 aromatic heterocycles.